The van der Waals surface area contributed by atoms with Gasteiger partial charge in [0.05, 0.1) is 0 Å². The molecule has 2 aromatic rings. The Morgan fingerprint density at radius 3 is 1.33 bits per heavy atom. The Kier molecular flexibility index (Phi) is 9.55. The van der Waals surface area contributed by atoms with Crippen LogP contribution in [0.5, 0.6) is 0 Å². The van der Waals surface area contributed by atoms with Gasteiger partial charge < -0.3 is 24.8 Å². The van der Waals surface area contributed by atoms with Crippen LogP contribution in [0.4, 0.5) is 0 Å². The summed E-state index contributed by atoms with van der Waals surface area (Å²) < 4.78 is 1.60. The van der Waals surface area contributed by atoms with Crippen molar-refractivity contribution in [3.63, 3.8) is 0 Å². The van der Waals surface area contributed by atoms with Crippen molar-refractivity contribution in [2.75, 3.05) is 0 Å². The summed E-state index contributed by atoms with van der Waals surface area (Å²) in [5.74, 6) is 0. The van der Waals surface area contributed by atoms with E-state index in [0.717, 1.165) is 12.8 Å². The Morgan fingerprint density at radius 2 is 1.00 bits per heavy atom. The van der Waals surface area contributed by atoms with Gasteiger partial charge in [0.2, 0.25) is 0 Å². The van der Waals surface area contributed by atoms with Crippen LogP contribution in [0.3, 0.4) is 0 Å². The van der Waals surface area contributed by atoms with Crippen LogP contribution in [0.15, 0.2) is 60.7 Å². The van der Waals surface area contributed by atoms with Crippen LogP contribution < -0.4 is 24.8 Å². The molecule has 0 spiro atoms. The van der Waals surface area contributed by atoms with Crippen molar-refractivity contribution in [2.45, 2.75) is 12.8 Å². The van der Waals surface area contributed by atoms with Gasteiger partial charge >= 0.3 is 112 Å². The van der Waals surface area contributed by atoms with Crippen molar-refractivity contribution >= 4 is 3.21 Å². The fourth-order valence-corrected chi connectivity index (χ4v) is 2.75. The predicted octanol–water partition coefficient (Wildman–Crippen LogP) is -2.80. The number of benzene rings is 2. The van der Waals surface area contributed by atoms with Crippen molar-refractivity contribution in [1.29, 1.82) is 0 Å². The van der Waals surface area contributed by atoms with E-state index in [9.17, 15) is 0 Å². The molecule has 3 heteroatoms. The molecular formula is C15H14Cl2Zr. The van der Waals surface area contributed by atoms with Gasteiger partial charge in [-0.3, -0.25) is 0 Å². The zero-order valence-corrected chi connectivity index (χ0v) is 13.9. The van der Waals surface area contributed by atoms with Crippen molar-refractivity contribution in [2.24, 2.45) is 0 Å². The van der Waals surface area contributed by atoms with E-state index in [2.05, 4.69) is 60.7 Å². The fourth-order valence-electron chi connectivity index (χ4n) is 1.75. The monoisotopic (exact) mass is 354 g/mol. The quantitative estimate of drug-likeness (QED) is 0.555. The molecule has 0 saturated carbocycles. The third-order valence-electron chi connectivity index (χ3n) is 2.52. The van der Waals surface area contributed by atoms with Gasteiger partial charge in [0.1, 0.15) is 0 Å². The molecule has 0 heterocycles. The van der Waals surface area contributed by atoms with E-state index in [-0.39, 0.29) is 24.8 Å². The Hall–Kier alpha value is -0.227. The first-order chi connectivity index (χ1) is 7.84. The normalized spacial score (nSPS) is 9.00. The molecule has 2 rings (SSSR count). The average Bonchev–Trinajstić information content (AvgIpc) is 2.31. The van der Waals surface area contributed by atoms with Crippen molar-refractivity contribution in [3.05, 3.63) is 71.8 Å². The molecule has 0 N–H and O–H groups in total. The first kappa shape index (κ1) is 17.8. The van der Waals surface area contributed by atoms with Gasteiger partial charge in [0.25, 0.3) is 0 Å². The Bertz CT molecular complexity index is 411. The molecule has 0 radical (unpaired) electrons. The second-order valence-corrected chi connectivity index (χ2v) is 5.67. The molecule has 0 aliphatic carbocycles. The van der Waals surface area contributed by atoms with Crippen LogP contribution in [0.25, 0.3) is 0 Å². The number of hydrogen-bond acceptors (Lipinski definition) is 0. The molecular weight excluding hydrogens is 342 g/mol. The molecule has 18 heavy (non-hydrogen) atoms. The minimum atomic E-state index is 0. The molecule has 0 aromatic heterocycles. The van der Waals surface area contributed by atoms with Gasteiger partial charge in [-0.2, -0.15) is 0 Å². The zero-order chi connectivity index (χ0) is 11.2. The second-order valence-electron chi connectivity index (χ2n) is 3.93. The molecule has 0 aliphatic heterocycles. The van der Waals surface area contributed by atoms with Gasteiger partial charge in [0.15, 0.2) is 0 Å². The molecule has 0 nitrogen and oxygen atoms in total. The number of halogens is 2. The molecule has 0 amide bonds. The minimum absolute atomic E-state index is 0. The van der Waals surface area contributed by atoms with E-state index in [1.165, 1.54) is 11.1 Å². The summed E-state index contributed by atoms with van der Waals surface area (Å²) in [6, 6.07) is 21.4. The number of hydrogen-bond donors (Lipinski definition) is 0. The van der Waals surface area contributed by atoms with Gasteiger partial charge in [-0.05, 0) is 0 Å². The van der Waals surface area contributed by atoms with E-state index in [1.807, 2.05) is 0 Å². The van der Waals surface area contributed by atoms with Gasteiger partial charge in [-0.25, -0.2) is 0 Å². The average molecular weight is 356 g/mol. The van der Waals surface area contributed by atoms with E-state index >= 15 is 0 Å². The summed E-state index contributed by atoms with van der Waals surface area (Å²) in [7, 11) is 0. The molecule has 0 unspecified atom stereocenters. The molecule has 0 fully saturated rings. The molecule has 2 aromatic carbocycles. The Morgan fingerprint density at radius 1 is 0.667 bits per heavy atom. The van der Waals surface area contributed by atoms with Crippen molar-refractivity contribution in [1.82, 2.24) is 0 Å². The number of rotatable bonds is 4. The first-order valence-electron chi connectivity index (χ1n) is 5.49. The fraction of sp³-hybridized carbons (Fsp3) is 0.133. The van der Waals surface area contributed by atoms with Crippen LogP contribution in [-0.2, 0) is 37.1 Å². The topological polar surface area (TPSA) is 0 Å². The van der Waals surface area contributed by atoms with E-state index in [0.29, 0.717) is 0 Å². The Balaban J connectivity index is 0.00000144. The second kappa shape index (κ2) is 9.67. The van der Waals surface area contributed by atoms with Crippen LogP contribution in [0.1, 0.15) is 11.1 Å². The maximum absolute atomic E-state index is 2.20. The summed E-state index contributed by atoms with van der Waals surface area (Å²) in [6.45, 7) is 0. The van der Waals surface area contributed by atoms with E-state index in [1.54, 1.807) is 27.4 Å². The Labute approximate surface area is 136 Å². The van der Waals surface area contributed by atoms with Crippen molar-refractivity contribution in [3.8, 4) is 0 Å². The van der Waals surface area contributed by atoms with Crippen LogP contribution in [-0.4, -0.2) is 3.21 Å². The predicted molar refractivity (Wildman–Crippen MR) is 65.3 cm³/mol. The van der Waals surface area contributed by atoms with E-state index < -0.39 is 0 Å². The van der Waals surface area contributed by atoms with E-state index in [4.69, 9.17) is 0 Å². The third kappa shape index (κ3) is 6.09. The summed E-state index contributed by atoms with van der Waals surface area (Å²) >= 11 is 1.55. The maximum atomic E-state index is 2.20. The molecule has 0 aliphatic rings. The SMILES string of the molecule is [Cl-].[Cl-].[Zr+2]=[C](Cc1ccccc1)Cc1ccccc1. The molecule has 0 bridgehead atoms. The standard InChI is InChI=1S/C15H14.2ClH.Zr/c1-3-8-14(9-4-1)12-7-13-15-10-5-2-6-11-15;;;/h1-6,8-11H,12-13H2;2*1H;/q;;;+2/p-2. The molecule has 0 saturated heterocycles. The first-order valence-corrected chi connectivity index (χ1v) is 6.71. The summed E-state index contributed by atoms with van der Waals surface area (Å²) in [5.41, 5.74) is 2.84. The summed E-state index contributed by atoms with van der Waals surface area (Å²) in [6.07, 6.45) is 2.24. The van der Waals surface area contributed by atoms with Crippen LogP contribution in [0, 0.1) is 0 Å². The molecule has 92 valence electrons. The molecule has 0 atom stereocenters. The van der Waals surface area contributed by atoms with Gasteiger partial charge in [0, 0.05) is 0 Å². The van der Waals surface area contributed by atoms with Gasteiger partial charge in [-0.1, -0.05) is 0 Å². The van der Waals surface area contributed by atoms with Crippen LogP contribution >= 0.6 is 0 Å². The summed E-state index contributed by atoms with van der Waals surface area (Å²) in [5, 5.41) is 0. The van der Waals surface area contributed by atoms with Gasteiger partial charge in [-0.15, -0.1) is 0 Å². The third-order valence-corrected chi connectivity index (χ3v) is 3.39. The zero-order valence-electron chi connectivity index (χ0n) is 9.94. The van der Waals surface area contributed by atoms with Crippen molar-refractivity contribution < 1.29 is 49.0 Å². The summed E-state index contributed by atoms with van der Waals surface area (Å²) in [4.78, 5) is 0. The van der Waals surface area contributed by atoms with Crippen LogP contribution in [0.2, 0.25) is 0 Å².